The molecule has 1 unspecified atom stereocenters. The molecular formula is C21H24N6O. The molecule has 0 saturated carbocycles. The van der Waals surface area contributed by atoms with E-state index < -0.39 is 0 Å². The standard InChI is InChI=1S/C21H24N6O/c1-4-23-21(28)27-17-9-8-16(11-14(17)2)19-12-22-13-20(26-19)25-15(3)18-7-5-6-10-24-18/h5-13,15H,4H2,1-3H3,(H,25,26)(H2,23,27,28). The number of amides is 2. The predicted octanol–water partition coefficient (Wildman–Crippen LogP) is 4.16. The maximum absolute atomic E-state index is 11.7. The third-order valence-corrected chi connectivity index (χ3v) is 4.24. The van der Waals surface area contributed by atoms with Crippen molar-refractivity contribution in [3.63, 3.8) is 0 Å². The first-order chi connectivity index (χ1) is 13.6. The van der Waals surface area contributed by atoms with Gasteiger partial charge in [-0.25, -0.2) is 9.78 Å². The number of carbonyl (C=O) groups is 1. The second-order valence-electron chi connectivity index (χ2n) is 6.42. The minimum absolute atomic E-state index is 0.0103. The summed E-state index contributed by atoms with van der Waals surface area (Å²) < 4.78 is 0. The molecule has 7 heteroatoms. The summed E-state index contributed by atoms with van der Waals surface area (Å²) >= 11 is 0. The zero-order valence-electron chi connectivity index (χ0n) is 16.2. The molecule has 2 amide bonds. The Balaban J connectivity index is 1.76. The molecule has 144 valence electrons. The van der Waals surface area contributed by atoms with E-state index >= 15 is 0 Å². The number of aryl methyl sites for hydroxylation is 1. The van der Waals surface area contributed by atoms with E-state index in [1.807, 2.05) is 57.2 Å². The second-order valence-corrected chi connectivity index (χ2v) is 6.42. The summed E-state index contributed by atoms with van der Waals surface area (Å²) in [6.07, 6.45) is 5.19. The maximum Gasteiger partial charge on any atom is 0.319 e. The van der Waals surface area contributed by atoms with Gasteiger partial charge in [0.2, 0.25) is 0 Å². The van der Waals surface area contributed by atoms with Crippen molar-refractivity contribution in [1.29, 1.82) is 0 Å². The Hall–Kier alpha value is -3.48. The van der Waals surface area contributed by atoms with Crippen molar-refractivity contribution in [2.75, 3.05) is 17.2 Å². The number of nitrogens with zero attached hydrogens (tertiary/aromatic N) is 3. The Morgan fingerprint density at radius 2 is 2.04 bits per heavy atom. The molecule has 3 N–H and O–H groups in total. The van der Waals surface area contributed by atoms with Crippen LogP contribution in [0.5, 0.6) is 0 Å². The van der Waals surface area contributed by atoms with E-state index in [1.54, 1.807) is 18.6 Å². The molecule has 0 fully saturated rings. The lowest BCUT2D eigenvalue weighted by molar-refractivity contribution is 0.252. The molecule has 3 aromatic rings. The van der Waals surface area contributed by atoms with Crippen LogP contribution in [-0.2, 0) is 0 Å². The van der Waals surface area contributed by atoms with Crippen LogP contribution in [0.4, 0.5) is 16.3 Å². The van der Waals surface area contributed by atoms with E-state index in [-0.39, 0.29) is 12.1 Å². The van der Waals surface area contributed by atoms with Gasteiger partial charge in [0.05, 0.1) is 29.8 Å². The highest BCUT2D eigenvalue weighted by Gasteiger charge is 2.10. The number of anilines is 2. The van der Waals surface area contributed by atoms with Crippen LogP contribution in [0.25, 0.3) is 11.3 Å². The summed E-state index contributed by atoms with van der Waals surface area (Å²) in [5.41, 5.74) is 4.34. The van der Waals surface area contributed by atoms with Crippen molar-refractivity contribution in [2.24, 2.45) is 0 Å². The molecule has 3 rings (SSSR count). The van der Waals surface area contributed by atoms with E-state index in [9.17, 15) is 4.79 Å². The van der Waals surface area contributed by atoms with E-state index in [0.29, 0.717) is 12.4 Å². The summed E-state index contributed by atoms with van der Waals surface area (Å²) in [7, 11) is 0. The fourth-order valence-corrected chi connectivity index (χ4v) is 2.79. The topological polar surface area (TPSA) is 91.8 Å². The number of pyridine rings is 1. The summed E-state index contributed by atoms with van der Waals surface area (Å²) in [6, 6.07) is 11.4. The number of hydrogen-bond donors (Lipinski definition) is 3. The third-order valence-electron chi connectivity index (χ3n) is 4.24. The van der Waals surface area contributed by atoms with Crippen LogP contribution in [-0.4, -0.2) is 27.5 Å². The number of nitrogens with one attached hydrogen (secondary N) is 3. The minimum atomic E-state index is -0.215. The fraction of sp³-hybridized carbons (Fsp3) is 0.238. The average Bonchev–Trinajstić information content (AvgIpc) is 2.70. The van der Waals surface area contributed by atoms with Crippen molar-refractivity contribution < 1.29 is 4.79 Å². The fourth-order valence-electron chi connectivity index (χ4n) is 2.79. The quantitative estimate of drug-likeness (QED) is 0.601. The molecule has 0 radical (unpaired) electrons. The molecular weight excluding hydrogens is 352 g/mol. The van der Waals surface area contributed by atoms with Crippen molar-refractivity contribution >= 4 is 17.5 Å². The zero-order chi connectivity index (χ0) is 19.9. The van der Waals surface area contributed by atoms with Crippen molar-refractivity contribution in [1.82, 2.24) is 20.3 Å². The molecule has 0 aliphatic rings. The Kier molecular flexibility index (Phi) is 6.16. The molecule has 0 aliphatic heterocycles. The first-order valence-electron chi connectivity index (χ1n) is 9.22. The van der Waals surface area contributed by atoms with Crippen LogP contribution < -0.4 is 16.0 Å². The number of aromatic nitrogens is 3. The van der Waals surface area contributed by atoms with Crippen LogP contribution in [0.2, 0.25) is 0 Å². The van der Waals surface area contributed by atoms with Crippen LogP contribution in [0.1, 0.15) is 31.1 Å². The zero-order valence-corrected chi connectivity index (χ0v) is 16.2. The lowest BCUT2D eigenvalue weighted by Crippen LogP contribution is -2.28. The van der Waals surface area contributed by atoms with Gasteiger partial charge in [-0.15, -0.1) is 0 Å². The average molecular weight is 376 g/mol. The summed E-state index contributed by atoms with van der Waals surface area (Å²) in [5.74, 6) is 0.679. The smallest absolute Gasteiger partial charge is 0.319 e. The van der Waals surface area contributed by atoms with Crippen LogP contribution in [0.15, 0.2) is 55.0 Å². The maximum atomic E-state index is 11.7. The summed E-state index contributed by atoms with van der Waals surface area (Å²) in [6.45, 7) is 6.44. The van der Waals surface area contributed by atoms with Gasteiger partial charge in [0, 0.05) is 24.0 Å². The molecule has 2 aromatic heterocycles. The molecule has 2 heterocycles. The third kappa shape index (κ3) is 4.82. The first-order valence-corrected chi connectivity index (χ1v) is 9.22. The monoisotopic (exact) mass is 376 g/mol. The highest BCUT2D eigenvalue weighted by atomic mass is 16.2. The molecule has 0 aliphatic carbocycles. The molecule has 0 bridgehead atoms. The Morgan fingerprint density at radius 1 is 1.18 bits per heavy atom. The van der Waals surface area contributed by atoms with Gasteiger partial charge in [0.1, 0.15) is 5.82 Å². The summed E-state index contributed by atoms with van der Waals surface area (Å²) in [4.78, 5) is 25.1. The van der Waals surface area contributed by atoms with Gasteiger partial charge in [-0.1, -0.05) is 12.1 Å². The van der Waals surface area contributed by atoms with Gasteiger partial charge < -0.3 is 16.0 Å². The lowest BCUT2D eigenvalue weighted by atomic mass is 10.1. The van der Waals surface area contributed by atoms with Gasteiger partial charge in [0.15, 0.2) is 0 Å². The number of carbonyl (C=O) groups excluding carboxylic acids is 1. The van der Waals surface area contributed by atoms with Gasteiger partial charge in [-0.2, -0.15) is 0 Å². The van der Waals surface area contributed by atoms with Crippen LogP contribution in [0, 0.1) is 6.92 Å². The van der Waals surface area contributed by atoms with Crippen molar-refractivity contribution in [3.05, 3.63) is 66.2 Å². The molecule has 1 aromatic carbocycles. The first kappa shape index (κ1) is 19.3. The van der Waals surface area contributed by atoms with E-state index in [1.165, 1.54) is 0 Å². The highest BCUT2D eigenvalue weighted by molar-refractivity contribution is 5.90. The van der Waals surface area contributed by atoms with Gasteiger partial charge in [-0.05, 0) is 50.6 Å². The predicted molar refractivity (Wildman–Crippen MR) is 111 cm³/mol. The number of rotatable bonds is 6. The highest BCUT2D eigenvalue weighted by Crippen LogP contribution is 2.24. The van der Waals surface area contributed by atoms with Gasteiger partial charge >= 0.3 is 6.03 Å². The van der Waals surface area contributed by atoms with Gasteiger partial charge in [0.25, 0.3) is 0 Å². The van der Waals surface area contributed by atoms with E-state index in [4.69, 9.17) is 0 Å². The Bertz CT molecular complexity index is 945. The van der Waals surface area contributed by atoms with Crippen LogP contribution >= 0.6 is 0 Å². The van der Waals surface area contributed by atoms with E-state index in [2.05, 4.69) is 30.9 Å². The normalized spacial score (nSPS) is 11.5. The summed E-state index contributed by atoms with van der Waals surface area (Å²) in [5, 5.41) is 8.89. The minimum Gasteiger partial charge on any atom is -0.361 e. The largest absolute Gasteiger partial charge is 0.361 e. The number of hydrogen-bond acceptors (Lipinski definition) is 5. The number of benzene rings is 1. The molecule has 7 nitrogen and oxygen atoms in total. The molecule has 28 heavy (non-hydrogen) atoms. The molecule has 1 atom stereocenters. The van der Waals surface area contributed by atoms with Crippen LogP contribution in [0.3, 0.4) is 0 Å². The Labute approximate surface area is 164 Å². The SMILES string of the molecule is CCNC(=O)Nc1ccc(-c2cncc(NC(C)c3ccccn3)n2)cc1C. The number of urea groups is 1. The molecule has 0 saturated heterocycles. The van der Waals surface area contributed by atoms with E-state index in [0.717, 1.165) is 28.2 Å². The van der Waals surface area contributed by atoms with Crippen molar-refractivity contribution in [3.8, 4) is 11.3 Å². The second kappa shape index (κ2) is 8.94. The van der Waals surface area contributed by atoms with Crippen molar-refractivity contribution in [2.45, 2.75) is 26.8 Å². The lowest BCUT2D eigenvalue weighted by Gasteiger charge is -2.14. The van der Waals surface area contributed by atoms with Gasteiger partial charge in [-0.3, -0.25) is 9.97 Å². The Morgan fingerprint density at radius 3 is 2.75 bits per heavy atom. The molecule has 0 spiro atoms.